The Morgan fingerprint density at radius 1 is 1.21 bits per heavy atom. The largest absolute Gasteiger partial charge is 0.487 e. The Hall–Kier alpha value is -2.38. The molecular weight excluding hydrogens is 388 g/mol. The third kappa shape index (κ3) is 5.58. The van der Waals surface area contributed by atoms with Crippen molar-refractivity contribution in [2.24, 2.45) is 0 Å². The highest BCUT2D eigenvalue weighted by molar-refractivity contribution is 7.88. The Morgan fingerprint density at radius 3 is 2.55 bits per heavy atom. The minimum Gasteiger partial charge on any atom is -0.487 e. The first-order valence-electron chi connectivity index (χ1n) is 9.61. The lowest BCUT2D eigenvalue weighted by Crippen LogP contribution is -2.45. The van der Waals surface area contributed by atoms with Gasteiger partial charge in [0.1, 0.15) is 11.4 Å². The van der Waals surface area contributed by atoms with Crippen LogP contribution >= 0.6 is 0 Å². The first kappa shape index (κ1) is 21.3. The molecule has 0 fully saturated rings. The van der Waals surface area contributed by atoms with E-state index in [0.29, 0.717) is 6.42 Å². The van der Waals surface area contributed by atoms with E-state index < -0.39 is 15.6 Å². The van der Waals surface area contributed by atoms with Crippen LogP contribution in [0.2, 0.25) is 0 Å². The van der Waals surface area contributed by atoms with Gasteiger partial charge in [-0.05, 0) is 38.0 Å². The van der Waals surface area contributed by atoms with E-state index in [1.165, 1.54) is 4.31 Å². The summed E-state index contributed by atoms with van der Waals surface area (Å²) in [5.74, 6) is 0.427. The van der Waals surface area contributed by atoms with Crippen molar-refractivity contribution in [1.82, 2.24) is 9.62 Å². The zero-order valence-electron chi connectivity index (χ0n) is 17.3. The van der Waals surface area contributed by atoms with Gasteiger partial charge in [-0.3, -0.25) is 4.79 Å². The van der Waals surface area contributed by atoms with Gasteiger partial charge in [0, 0.05) is 18.5 Å². The zero-order chi connectivity index (χ0) is 21.2. The summed E-state index contributed by atoms with van der Waals surface area (Å²) in [7, 11) is -3.54. The number of hydrogen-bond donors (Lipinski definition) is 1. The predicted octanol–water partition coefficient (Wildman–Crippen LogP) is 3.18. The Labute approximate surface area is 172 Å². The maximum absolute atomic E-state index is 12.8. The number of benzene rings is 2. The Balaban J connectivity index is 1.76. The zero-order valence-corrected chi connectivity index (χ0v) is 18.1. The first-order chi connectivity index (χ1) is 13.5. The van der Waals surface area contributed by atoms with Crippen LogP contribution in [0.25, 0.3) is 0 Å². The lowest BCUT2D eigenvalue weighted by molar-refractivity contribution is -0.122. The van der Waals surface area contributed by atoms with E-state index in [1.54, 1.807) is 0 Å². The van der Waals surface area contributed by atoms with Gasteiger partial charge in [-0.1, -0.05) is 42.5 Å². The summed E-state index contributed by atoms with van der Waals surface area (Å²) in [6.45, 7) is 5.88. The maximum atomic E-state index is 12.8. The molecule has 1 aliphatic heterocycles. The highest BCUT2D eigenvalue weighted by Gasteiger charge is 2.35. The average molecular weight is 417 g/mol. The molecule has 7 heteroatoms. The van der Waals surface area contributed by atoms with Crippen LogP contribution < -0.4 is 10.1 Å². The van der Waals surface area contributed by atoms with Crippen LogP contribution in [-0.2, 0) is 21.4 Å². The lowest BCUT2D eigenvalue weighted by Gasteiger charge is -2.38. The number of sulfonamides is 1. The fraction of sp³-hybridized carbons (Fsp3) is 0.409. The number of rotatable bonds is 6. The third-order valence-corrected chi connectivity index (χ3v) is 6.15. The molecule has 0 bridgehead atoms. The molecule has 0 saturated carbocycles. The SMILES string of the molecule is Cc1ccc2c(c1)OC(C)(C)C[C@@H]2NC(=O)CN(Cc1ccccc1)S(C)(=O)=O. The van der Waals surface area contributed by atoms with Crippen LogP contribution in [0.3, 0.4) is 0 Å². The topological polar surface area (TPSA) is 75.7 Å². The van der Waals surface area contributed by atoms with Gasteiger partial charge in [0.25, 0.3) is 0 Å². The molecule has 1 N–H and O–H groups in total. The summed E-state index contributed by atoms with van der Waals surface area (Å²) in [5.41, 5.74) is 2.40. The molecule has 1 heterocycles. The Kier molecular flexibility index (Phi) is 6.00. The quantitative estimate of drug-likeness (QED) is 0.785. The molecule has 156 valence electrons. The molecule has 1 aliphatic rings. The molecule has 2 aromatic carbocycles. The van der Waals surface area contributed by atoms with Crippen molar-refractivity contribution in [2.45, 2.75) is 45.4 Å². The van der Waals surface area contributed by atoms with Gasteiger partial charge in [0.2, 0.25) is 15.9 Å². The summed E-state index contributed by atoms with van der Waals surface area (Å²) in [6.07, 6.45) is 1.73. The standard InChI is InChI=1S/C22H28N2O4S/c1-16-10-11-18-19(13-22(2,3)28-20(18)12-16)23-21(25)15-24(29(4,26)27)14-17-8-6-5-7-9-17/h5-12,19H,13-15H2,1-4H3,(H,23,25)/t19-/m0/s1. The van der Waals surface area contributed by atoms with Gasteiger partial charge >= 0.3 is 0 Å². The Morgan fingerprint density at radius 2 is 1.90 bits per heavy atom. The molecule has 0 radical (unpaired) electrons. The number of aryl methyl sites for hydroxylation is 1. The molecule has 0 aromatic heterocycles. The fourth-order valence-electron chi connectivity index (χ4n) is 3.57. The maximum Gasteiger partial charge on any atom is 0.235 e. The van der Waals surface area contributed by atoms with E-state index in [9.17, 15) is 13.2 Å². The summed E-state index contributed by atoms with van der Waals surface area (Å²) in [6, 6.07) is 14.9. The number of nitrogens with one attached hydrogen (secondary N) is 1. The van der Waals surface area contributed by atoms with Crippen LogP contribution in [0.1, 0.15) is 43.0 Å². The van der Waals surface area contributed by atoms with Crippen LogP contribution in [-0.4, -0.2) is 37.0 Å². The molecule has 29 heavy (non-hydrogen) atoms. The molecule has 1 atom stereocenters. The van der Waals surface area contributed by atoms with E-state index in [1.807, 2.05) is 69.3 Å². The van der Waals surface area contributed by atoms with Gasteiger partial charge < -0.3 is 10.1 Å². The molecule has 0 unspecified atom stereocenters. The summed E-state index contributed by atoms with van der Waals surface area (Å²) < 4.78 is 31.7. The Bertz CT molecular complexity index is 987. The van der Waals surface area contributed by atoms with Crippen LogP contribution in [0.15, 0.2) is 48.5 Å². The summed E-state index contributed by atoms with van der Waals surface area (Å²) in [5, 5.41) is 3.01. The number of carbonyl (C=O) groups is 1. The number of hydrogen-bond acceptors (Lipinski definition) is 4. The highest BCUT2D eigenvalue weighted by atomic mass is 32.2. The molecule has 0 saturated heterocycles. The van der Waals surface area contributed by atoms with Gasteiger partial charge in [-0.15, -0.1) is 0 Å². The third-order valence-electron chi connectivity index (χ3n) is 4.95. The number of carbonyl (C=O) groups excluding carboxylic acids is 1. The molecular formula is C22H28N2O4S. The fourth-order valence-corrected chi connectivity index (χ4v) is 4.30. The first-order valence-corrected chi connectivity index (χ1v) is 11.5. The second-order valence-corrected chi connectivity index (χ2v) is 10.2. The monoisotopic (exact) mass is 416 g/mol. The van der Waals surface area contributed by atoms with Crippen molar-refractivity contribution in [3.63, 3.8) is 0 Å². The summed E-state index contributed by atoms with van der Waals surface area (Å²) in [4.78, 5) is 12.8. The second kappa shape index (κ2) is 8.16. The summed E-state index contributed by atoms with van der Waals surface area (Å²) >= 11 is 0. The molecule has 0 aliphatic carbocycles. The van der Waals surface area contributed by atoms with Gasteiger partial charge in [0.15, 0.2) is 0 Å². The van der Waals surface area contributed by atoms with E-state index in [0.717, 1.165) is 28.7 Å². The molecule has 1 amide bonds. The van der Waals surface area contributed by atoms with Crippen LogP contribution in [0, 0.1) is 6.92 Å². The van der Waals surface area contributed by atoms with Crippen molar-refractivity contribution in [1.29, 1.82) is 0 Å². The smallest absolute Gasteiger partial charge is 0.235 e. The molecule has 0 spiro atoms. The van der Waals surface area contributed by atoms with Crippen LogP contribution in [0.5, 0.6) is 5.75 Å². The van der Waals surface area contributed by atoms with E-state index in [2.05, 4.69) is 5.32 Å². The predicted molar refractivity (Wildman–Crippen MR) is 113 cm³/mol. The molecule has 3 rings (SSSR count). The van der Waals surface area contributed by atoms with Gasteiger partial charge in [-0.2, -0.15) is 4.31 Å². The van der Waals surface area contributed by atoms with Crippen molar-refractivity contribution in [2.75, 3.05) is 12.8 Å². The molecule has 6 nitrogen and oxygen atoms in total. The van der Waals surface area contributed by atoms with E-state index in [-0.39, 0.29) is 25.0 Å². The minimum atomic E-state index is -3.54. The second-order valence-electron chi connectivity index (χ2n) is 8.24. The lowest BCUT2D eigenvalue weighted by atomic mass is 9.89. The van der Waals surface area contributed by atoms with Crippen LogP contribution in [0.4, 0.5) is 0 Å². The van der Waals surface area contributed by atoms with Crippen molar-refractivity contribution in [3.05, 3.63) is 65.2 Å². The van der Waals surface area contributed by atoms with Crippen molar-refractivity contribution in [3.8, 4) is 5.75 Å². The van der Waals surface area contributed by atoms with E-state index in [4.69, 9.17) is 4.74 Å². The van der Waals surface area contributed by atoms with E-state index >= 15 is 0 Å². The minimum absolute atomic E-state index is 0.155. The number of amides is 1. The van der Waals surface area contributed by atoms with Crippen molar-refractivity contribution < 1.29 is 17.9 Å². The highest BCUT2D eigenvalue weighted by Crippen LogP contribution is 2.39. The van der Waals surface area contributed by atoms with Gasteiger partial charge in [-0.25, -0.2) is 8.42 Å². The molecule has 2 aromatic rings. The number of nitrogens with zero attached hydrogens (tertiary/aromatic N) is 1. The normalized spacial score (nSPS) is 18.0. The van der Waals surface area contributed by atoms with Crippen molar-refractivity contribution >= 4 is 15.9 Å². The average Bonchev–Trinajstić information content (AvgIpc) is 2.59. The number of ether oxygens (including phenoxy) is 1. The van der Waals surface area contributed by atoms with Gasteiger partial charge in [0.05, 0.1) is 18.8 Å². The number of fused-ring (bicyclic) bond motifs is 1.